The second-order valence-corrected chi connectivity index (χ2v) is 3.55. The zero-order chi connectivity index (χ0) is 10.2. The van der Waals surface area contributed by atoms with Gasteiger partial charge in [-0.3, -0.25) is 0 Å². The third kappa shape index (κ3) is 4.40. The molecule has 0 N–H and O–H groups in total. The largest absolute Gasteiger partial charge is 0.378 e. The highest BCUT2D eigenvalue weighted by atomic mass is 16.7. The van der Waals surface area contributed by atoms with Crippen LogP contribution in [0.5, 0.6) is 0 Å². The Hall–Kier alpha value is -0.120. The highest BCUT2D eigenvalue weighted by Crippen LogP contribution is 2.18. The first-order chi connectivity index (χ1) is 6.86. The fourth-order valence-electron chi connectivity index (χ4n) is 1.78. The van der Waals surface area contributed by atoms with Gasteiger partial charge in [-0.2, -0.15) is 0 Å². The van der Waals surface area contributed by atoms with Crippen LogP contribution in [-0.4, -0.2) is 32.2 Å². The summed E-state index contributed by atoms with van der Waals surface area (Å²) in [5.41, 5.74) is 0. The fraction of sp³-hybridized carbons (Fsp3) is 1.00. The van der Waals surface area contributed by atoms with E-state index in [-0.39, 0.29) is 6.29 Å². The molecule has 0 aliphatic carbocycles. The molecule has 0 saturated carbocycles. The predicted octanol–water partition coefficient (Wildman–Crippen LogP) is 2.34. The van der Waals surface area contributed by atoms with Crippen molar-refractivity contribution in [2.24, 2.45) is 0 Å². The molecular weight excluding hydrogens is 180 g/mol. The zero-order valence-corrected chi connectivity index (χ0v) is 9.33. The van der Waals surface area contributed by atoms with Crippen molar-refractivity contribution in [1.82, 2.24) is 0 Å². The maximum Gasteiger partial charge on any atom is 0.157 e. The first-order valence-electron chi connectivity index (χ1n) is 5.71. The van der Waals surface area contributed by atoms with Crippen LogP contribution in [0.2, 0.25) is 0 Å². The molecule has 1 saturated heterocycles. The first kappa shape index (κ1) is 12.0. The number of hydrogen-bond donors (Lipinski definition) is 0. The van der Waals surface area contributed by atoms with Gasteiger partial charge in [-0.1, -0.05) is 0 Å². The Labute approximate surface area is 86.7 Å². The molecule has 84 valence electrons. The number of ether oxygens (including phenoxy) is 3. The molecule has 3 heteroatoms. The van der Waals surface area contributed by atoms with Crippen molar-refractivity contribution in [3.63, 3.8) is 0 Å². The summed E-state index contributed by atoms with van der Waals surface area (Å²) in [6, 6.07) is 0. The Kier molecular flexibility index (Phi) is 6.15. The van der Waals surface area contributed by atoms with Gasteiger partial charge < -0.3 is 14.2 Å². The van der Waals surface area contributed by atoms with Crippen molar-refractivity contribution in [1.29, 1.82) is 0 Å². The fourth-order valence-corrected chi connectivity index (χ4v) is 1.78. The molecule has 1 atom stereocenters. The molecule has 1 fully saturated rings. The van der Waals surface area contributed by atoms with Crippen LogP contribution < -0.4 is 0 Å². The van der Waals surface area contributed by atoms with Gasteiger partial charge in [-0.05, 0) is 33.1 Å². The van der Waals surface area contributed by atoms with Gasteiger partial charge in [0.25, 0.3) is 0 Å². The van der Waals surface area contributed by atoms with Gasteiger partial charge in [0, 0.05) is 26.2 Å². The molecular formula is C11H22O3. The first-order valence-corrected chi connectivity index (χ1v) is 5.71. The van der Waals surface area contributed by atoms with Crippen LogP contribution in [-0.2, 0) is 14.2 Å². The smallest absolute Gasteiger partial charge is 0.157 e. The molecule has 0 aromatic heterocycles. The maximum absolute atomic E-state index is 5.55. The zero-order valence-electron chi connectivity index (χ0n) is 9.33. The van der Waals surface area contributed by atoms with E-state index in [9.17, 15) is 0 Å². The molecule has 14 heavy (non-hydrogen) atoms. The summed E-state index contributed by atoms with van der Waals surface area (Å²) in [6.07, 6.45) is 4.83. The highest BCUT2D eigenvalue weighted by molar-refractivity contribution is 4.65. The van der Waals surface area contributed by atoms with Crippen LogP contribution in [0.4, 0.5) is 0 Å². The molecule has 3 nitrogen and oxygen atoms in total. The van der Waals surface area contributed by atoms with Crippen LogP contribution in [0.25, 0.3) is 0 Å². The number of hydrogen-bond acceptors (Lipinski definition) is 3. The van der Waals surface area contributed by atoms with Gasteiger partial charge in [-0.25, -0.2) is 0 Å². The summed E-state index contributed by atoms with van der Waals surface area (Å²) >= 11 is 0. The van der Waals surface area contributed by atoms with E-state index in [1.807, 2.05) is 13.8 Å². The van der Waals surface area contributed by atoms with Crippen molar-refractivity contribution in [2.75, 3.05) is 19.8 Å². The van der Waals surface area contributed by atoms with Gasteiger partial charge in [0.05, 0.1) is 6.10 Å². The second-order valence-electron chi connectivity index (χ2n) is 3.55. The van der Waals surface area contributed by atoms with Crippen molar-refractivity contribution >= 4 is 0 Å². The van der Waals surface area contributed by atoms with Crippen LogP contribution in [0.3, 0.4) is 0 Å². The molecule has 1 heterocycles. The Morgan fingerprint density at radius 3 is 2.50 bits per heavy atom. The van der Waals surface area contributed by atoms with Crippen LogP contribution in [0, 0.1) is 0 Å². The molecule has 0 bridgehead atoms. The summed E-state index contributed by atoms with van der Waals surface area (Å²) in [4.78, 5) is 0. The lowest BCUT2D eigenvalue weighted by Crippen LogP contribution is -2.19. The average molecular weight is 202 g/mol. The van der Waals surface area contributed by atoms with Gasteiger partial charge in [0.1, 0.15) is 0 Å². The van der Waals surface area contributed by atoms with Crippen molar-refractivity contribution in [3.05, 3.63) is 0 Å². The van der Waals surface area contributed by atoms with Gasteiger partial charge in [-0.15, -0.1) is 0 Å². The molecule has 1 aliphatic rings. The Morgan fingerprint density at radius 2 is 2.00 bits per heavy atom. The van der Waals surface area contributed by atoms with E-state index in [2.05, 4.69) is 0 Å². The summed E-state index contributed by atoms with van der Waals surface area (Å²) in [6.45, 7) is 6.36. The van der Waals surface area contributed by atoms with E-state index in [4.69, 9.17) is 14.2 Å². The molecule has 0 aromatic carbocycles. The quantitative estimate of drug-likeness (QED) is 0.593. The van der Waals surface area contributed by atoms with Gasteiger partial charge in [0.2, 0.25) is 0 Å². The Balaban J connectivity index is 2.10. The van der Waals surface area contributed by atoms with E-state index in [1.54, 1.807) is 0 Å². The van der Waals surface area contributed by atoms with Crippen LogP contribution in [0.15, 0.2) is 0 Å². The lowest BCUT2D eigenvalue weighted by Gasteiger charge is -2.18. The van der Waals surface area contributed by atoms with E-state index in [0.29, 0.717) is 6.10 Å². The molecule has 0 spiro atoms. The monoisotopic (exact) mass is 202 g/mol. The summed E-state index contributed by atoms with van der Waals surface area (Å²) in [7, 11) is 0. The lowest BCUT2D eigenvalue weighted by atomic mass is 10.1. The molecule has 1 unspecified atom stereocenters. The molecule has 0 radical (unpaired) electrons. The summed E-state index contributed by atoms with van der Waals surface area (Å²) < 4.78 is 16.5. The van der Waals surface area contributed by atoms with Crippen molar-refractivity contribution in [3.8, 4) is 0 Å². The van der Waals surface area contributed by atoms with Gasteiger partial charge in [0.15, 0.2) is 6.29 Å². The lowest BCUT2D eigenvalue weighted by molar-refractivity contribution is -0.143. The Morgan fingerprint density at radius 1 is 1.29 bits per heavy atom. The highest BCUT2D eigenvalue weighted by Gasteiger charge is 2.17. The molecule has 1 aliphatic heterocycles. The van der Waals surface area contributed by atoms with Crippen molar-refractivity contribution < 1.29 is 14.2 Å². The van der Waals surface area contributed by atoms with E-state index in [0.717, 1.165) is 32.7 Å². The standard InChI is InChI=1S/C11H22O3/c1-3-12-11(13-4-2)8-7-10-6-5-9-14-10/h10-11H,3-9H2,1-2H3. The normalized spacial score (nSPS) is 22.1. The minimum Gasteiger partial charge on any atom is -0.378 e. The van der Waals surface area contributed by atoms with E-state index >= 15 is 0 Å². The maximum atomic E-state index is 5.55. The minimum absolute atomic E-state index is 0.0331. The minimum atomic E-state index is -0.0331. The van der Waals surface area contributed by atoms with Crippen LogP contribution >= 0.6 is 0 Å². The average Bonchev–Trinajstić information content (AvgIpc) is 2.67. The topological polar surface area (TPSA) is 27.7 Å². The third-order valence-corrected chi connectivity index (χ3v) is 2.45. The Bertz CT molecular complexity index is 126. The van der Waals surface area contributed by atoms with E-state index in [1.165, 1.54) is 12.8 Å². The number of rotatable bonds is 7. The van der Waals surface area contributed by atoms with Crippen molar-refractivity contribution in [2.45, 2.75) is 51.9 Å². The predicted molar refractivity (Wildman–Crippen MR) is 55.2 cm³/mol. The van der Waals surface area contributed by atoms with Crippen LogP contribution in [0.1, 0.15) is 39.5 Å². The SMILES string of the molecule is CCOC(CCC1CCCO1)OCC. The van der Waals surface area contributed by atoms with E-state index < -0.39 is 0 Å². The molecule has 1 rings (SSSR count). The summed E-state index contributed by atoms with van der Waals surface area (Å²) in [5.74, 6) is 0. The van der Waals surface area contributed by atoms with Gasteiger partial charge >= 0.3 is 0 Å². The molecule has 0 amide bonds. The summed E-state index contributed by atoms with van der Waals surface area (Å²) in [5, 5.41) is 0. The molecule has 0 aromatic rings. The second kappa shape index (κ2) is 7.21. The third-order valence-electron chi connectivity index (χ3n) is 2.45.